The SMILES string of the molecule is Cc1ccc(C(=O)N2CCN(C(=O)C3CC(c4ccncc4)NN3)CC2)c(C)c1. The molecule has 0 spiro atoms. The van der Waals surface area contributed by atoms with Crippen LogP contribution in [-0.2, 0) is 4.79 Å². The third kappa shape index (κ3) is 4.16. The topological polar surface area (TPSA) is 77.6 Å². The Morgan fingerprint density at radius 1 is 0.966 bits per heavy atom. The van der Waals surface area contributed by atoms with E-state index in [1.54, 1.807) is 12.4 Å². The van der Waals surface area contributed by atoms with E-state index in [1.165, 1.54) is 0 Å². The van der Waals surface area contributed by atoms with Gasteiger partial charge in [0.2, 0.25) is 5.91 Å². The van der Waals surface area contributed by atoms with Crippen LogP contribution in [0.5, 0.6) is 0 Å². The van der Waals surface area contributed by atoms with Gasteiger partial charge in [0.25, 0.3) is 5.91 Å². The van der Waals surface area contributed by atoms with Gasteiger partial charge in [0.1, 0.15) is 6.04 Å². The number of rotatable bonds is 3. The highest BCUT2D eigenvalue weighted by Crippen LogP contribution is 2.23. The highest BCUT2D eigenvalue weighted by Gasteiger charge is 2.34. The minimum absolute atomic E-state index is 0.0491. The Morgan fingerprint density at radius 2 is 1.66 bits per heavy atom. The minimum atomic E-state index is -0.255. The molecule has 2 aliphatic rings. The number of carbonyl (C=O) groups excluding carboxylic acids is 2. The third-order valence-electron chi connectivity index (χ3n) is 5.80. The Hall–Kier alpha value is -2.77. The highest BCUT2D eigenvalue weighted by molar-refractivity contribution is 5.96. The van der Waals surface area contributed by atoms with Crippen LogP contribution in [0.1, 0.15) is 39.5 Å². The number of carbonyl (C=O) groups is 2. The van der Waals surface area contributed by atoms with Crippen LogP contribution in [-0.4, -0.2) is 58.8 Å². The van der Waals surface area contributed by atoms with Gasteiger partial charge in [-0.25, -0.2) is 10.9 Å². The Bertz CT molecular complexity index is 893. The van der Waals surface area contributed by atoms with Gasteiger partial charge in [-0.05, 0) is 49.6 Å². The first-order valence-electron chi connectivity index (χ1n) is 10.1. The van der Waals surface area contributed by atoms with E-state index in [9.17, 15) is 9.59 Å². The fourth-order valence-corrected chi connectivity index (χ4v) is 4.11. The lowest BCUT2D eigenvalue weighted by Crippen LogP contribution is -2.54. The van der Waals surface area contributed by atoms with Crippen LogP contribution in [0.4, 0.5) is 0 Å². The van der Waals surface area contributed by atoms with E-state index in [4.69, 9.17) is 0 Å². The number of pyridine rings is 1. The summed E-state index contributed by atoms with van der Waals surface area (Å²) < 4.78 is 0. The zero-order valence-electron chi connectivity index (χ0n) is 16.9. The molecule has 2 N–H and O–H groups in total. The zero-order valence-corrected chi connectivity index (χ0v) is 16.9. The van der Waals surface area contributed by atoms with Crippen molar-refractivity contribution < 1.29 is 9.59 Å². The molecule has 4 rings (SSSR count). The molecule has 2 aliphatic heterocycles. The molecule has 2 fully saturated rings. The van der Waals surface area contributed by atoms with Crippen molar-refractivity contribution in [2.24, 2.45) is 0 Å². The molecule has 7 nitrogen and oxygen atoms in total. The molecule has 0 bridgehead atoms. The maximum atomic E-state index is 12.9. The molecule has 152 valence electrons. The summed E-state index contributed by atoms with van der Waals surface area (Å²) >= 11 is 0. The molecule has 2 aromatic rings. The predicted molar refractivity (Wildman–Crippen MR) is 110 cm³/mol. The lowest BCUT2D eigenvalue weighted by molar-refractivity contribution is -0.134. The number of aryl methyl sites for hydroxylation is 2. The molecule has 29 heavy (non-hydrogen) atoms. The number of aromatic nitrogens is 1. The largest absolute Gasteiger partial charge is 0.338 e. The van der Waals surface area contributed by atoms with Gasteiger partial charge in [-0.3, -0.25) is 14.6 Å². The van der Waals surface area contributed by atoms with Crippen molar-refractivity contribution in [3.05, 3.63) is 65.0 Å². The van der Waals surface area contributed by atoms with E-state index in [0.29, 0.717) is 32.6 Å². The highest BCUT2D eigenvalue weighted by atomic mass is 16.2. The van der Waals surface area contributed by atoms with E-state index in [1.807, 2.05) is 54.0 Å². The van der Waals surface area contributed by atoms with E-state index in [2.05, 4.69) is 15.8 Å². The number of hydrogen-bond acceptors (Lipinski definition) is 5. The second-order valence-corrected chi connectivity index (χ2v) is 7.85. The van der Waals surface area contributed by atoms with Gasteiger partial charge in [-0.2, -0.15) is 0 Å². The normalized spacial score (nSPS) is 22.0. The van der Waals surface area contributed by atoms with E-state index in [0.717, 1.165) is 22.3 Å². The van der Waals surface area contributed by atoms with Crippen LogP contribution in [0, 0.1) is 13.8 Å². The maximum absolute atomic E-state index is 12.9. The van der Waals surface area contributed by atoms with Crippen LogP contribution >= 0.6 is 0 Å². The van der Waals surface area contributed by atoms with Gasteiger partial charge < -0.3 is 9.80 Å². The molecule has 0 saturated carbocycles. The Labute approximate surface area is 171 Å². The summed E-state index contributed by atoms with van der Waals surface area (Å²) in [5, 5.41) is 0. The summed E-state index contributed by atoms with van der Waals surface area (Å²) in [6.07, 6.45) is 4.22. The van der Waals surface area contributed by atoms with E-state index in [-0.39, 0.29) is 23.9 Å². The van der Waals surface area contributed by atoms with Gasteiger partial charge in [0.15, 0.2) is 0 Å². The summed E-state index contributed by atoms with van der Waals surface area (Å²) in [7, 11) is 0. The summed E-state index contributed by atoms with van der Waals surface area (Å²) in [6, 6.07) is 9.67. The Morgan fingerprint density at radius 3 is 2.34 bits per heavy atom. The molecule has 7 heteroatoms. The first kappa shape index (κ1) is 19.5. The lowest BCUT2D eigenvalue weighted by atomic mass is 10.0. The molecule has 2 saturated heterocycles. The van der Waals surface area contributed by atoms with Gasteiger partial charge >= 0.3 is 0 Å². The average molecular weight is 393 g/mol. The monoisotopic (exact) mass is 393 g/mol. The number of nitrogens with one attached hydrogen (secondary N) is 2. The number of hydrogen-bond donors (Lipinski definition) is 2. The average Bonchev–Trinajstić information content (AvgIpc) is 3.24. The van der Waals surface area contributed by atoms with Crippen LogP contribution in [0.15, 0.2) is 42.7 Å². The third-order valence-corrected chi connectivity index (χ3v) is 5.80. The van der Waals surface area contributed by atoms with Crippen molar-refractivity contribution in [3.63, 3.8) is 0 Å². The summed E-state index contributed by atoms with van der Waals surface area (Å²) in [6.45, 7) is 6.24. The fraction of sp³-hybridized carbons (Fsp3) is 0.409. The molecule has 1 aromatic heterocycles. The van der Waals surface area contributed by atoms with E-state index >= 15 is 0 Å². The number of amides is 2. The molecule has 2 unspecified atom stereocenters. The Balaban J connectivity index is 1.32. The van der Waals surface area contributed by atoms with Gasteiger partial charge in [0.05, 0.1) is 0 Å². The molecule has 0 aliphatic carbocycles. The molecule has 1 aromatic carbocycles. The van der Waals surface area contributed by atoms with Crippen molar-refractivity contribution in [1.82, 2.24) is 25.6 Å². The van der Waals surface area contributed by atoms with Crippen LogP contribution in [0.3, 0.4) is 0 Å². The van der Waals surface area contributed by atoms with Crippen LogP contribution < -0.4 is 10.9 Å². The van der Waals surface area contributed by atoms with Crippen molar-refractivity contribution in [2.75, 3.05) is 26.2 Å². The number of nitrogens with zero attached hydrogens (tertiary/aromatic N) is 3. The number of hydrazine groups is 1. The first-order chi connectivity index (χ1) is 14.0. The summed E-state index contributed by atoms with van der Waals surface area (Å²) in [4.78, 5) is 33.5. The Kier molecular flexibility index (Phi) is 5.60. The van der Waals surface area contributed by atoms with Crippen molar-refractivity contribution >= 4 is 11.8 Å². The van der Waals surface area contributed by atoms with E-state index < -0.39 is 0 Å². The van der Waals surface area contributed by atoms with Gasteiger partial charge in [-0.15, -0.1) is 0 Å². The molecule has 2 atom stereocenters. The molecular weight excluding hydrogens is 366 g/mol. The van der Waals surface area contributed by atoms with Crippen molar-refractivity contribution in [1.29, 1.82) is 0 Å². The number of piperazine rings is 1. The van der Waals surface area contributed by atoms with Crippen molar-refractivity contribution in [3.8, 4) is 0 Å². The summed E-state index contributed by atoms with van der Waals surface area (Å²) in [5.41, 5.74) is 10.4. The summed E-state index contributed by atoms with van der Waals surface area (Å²) in [5.74, 6) is 0.140. The van der Waals surface area contributed by atoms with Crippen LogP contribution in [0.25, 0.3) is 0 Å². The molecule has 2 amide bonds. The van der Waals surface area contributed by atoms with Gasteiger partial charge in [0, 0.05) is 50.2 Å². The zero-order chi connectivity index (χ0) is 20.4. The lowest BCUT2D eigenvalue weighted by Gasteiger charge is -2.36. The van der Waals surface area contributed by atoms with Crippen molar-refractivity contribution in [2.45, 2.75) is 32.4 Å². The molecular formula is C22H27N5O2. The first-order valence-corrected chi connectivity index (χ1v) is 10.1. The fourth-order valence-electron chi connectivity index (χ4n) is 4.11. The molecule has 0 radical (unpaired) electrons. The van der Waals surface area contributed by atoms with Crippen LogP contribution in [0.2, 0.25) is 0 Å². The van der Waals surface area contributed by atoms with Gasteiger partial charge in [-0.1, -0.05) is 17.7 Å². The quantitative estimate of drug-likeness (QED) is 0.828. The second kappa shape index (κ2) is 8.31. The predicted octanol–water partition coefficient (Wildman–Crippen LogP) is 1.59. The maximum Gasteiger partial charge on any atom is 0.254 e. The smallest absolute Gasteiger partial charge is 0.254 e. The number of benzene rings is 1. The standard InChI is InChI=1S/C22H27N5O2/c1-15-3-4-18(16(2)13-15)21(28)26-9-11-27(12-10-26)22(29)20-14-19(24-25-20)17-5-7-23-8-6-17/h3-8,13,19-20,24-25H,9-12,14H2,1-2H3. The molecule has 3 heterocycles. The minimum Gasteiger partial charge on any atom is -0.338 e. The second-order valence-electron chi connectivity index (χ2n) is 7.85.